The van der Waals surface area contributed by atoms with E-state index in [0.29, 0.717) is 22.3 Å². The lowest BCUT2D eigenvalue weighted by Crippen LogP contribution is -2.43. The number of aromatic nitrogens is 4. The molecule has 132 valence electrons. The van der Waals surface area contributed by atoms with Gasteiger partial charge in [-0.25, -0.2) is 4.98 Å². The van der Waals surface area contributed by atoms with Gasteiger partial charge in [-0.2, -0.15) is 0 Å². The molecule has 1 aliphatic heterocycles. The molecule has 0 atom stereocenters. The van der Waals surface area contributed by atoms with Gasteiger partial charge in [0.15, 0.2) is 5.16 Å². The van der Waals surface area contributed by atoms with Gasteiger partial charge in [0.05, 0.1) is 17.1 Å². The fraction of sp³-hybridized carbons (Fsp3) is 0.235. The molecule has 8 nitrogen and oxygen atoms in total. The predicted octanol–water partition coefficient (Wildman–Crippen LogP) is 1.82. The number of nitrogens with zero attached hydrogens (tertiary/aromatic N) is 5. The zero-order chi connectivity index (χ0) is 18.3. The van der Waals surface area contributed by atoms with Crippen LogP contribution in [0.5, 0.6) is 0 Å². The van der Waals surface area contributed by atoms with Crippen molar-refractivity contribution in [3.8, 4) is 0 Å². The van der Waals surface area contributed by atoms with Crippen molar-refractivity contribution in [2.24, 2.45) is 0 Å². The van der Waals surface area contributed by atoms with E-state index in [1.54, 1.807) is 6.07 Å². The van der Waals surface area contributed by atoms with Crippen molar-refractivity contribution in [3.05, 3.63) is 41.7 Å². The van der Waals surface area contributed by atoms with E-state index in [-0.39, 0.29) is 24.1 Å². The number of aryl methyl sites for hydroxylation is 2. The number of carbonyl (C=O) groups excluding carboxylic acids is 2. The van der Waals surface area contributed by atoms with Gasteiger partial charge in [-0.1, -0.05) is 23.9 Å². The molecule has 3 aromatic rings. The van der Waals surface area contributed by atoms with Crippen molar-refractivity contribution in [1.29, 1.82) is 0 Å². The lowest BCUT2D eigenvalue weighted by atomic mass is 10.2. The first kappa shape index (κ1) is 16.5. The fourth-order valence-corrected chi connectivity index (χ4v) is 3.82. The summed E-state index contributed by atoms with van der Waals surface area (Å²) in [6.45, 7) is 3.86. The summed E-state index contributed by atoms with van der Waals surface area (Å²) in [7, 11) is 0. The third-order valence-corrected chi connectivity index (χ3v) is 4.97. The van der Waals surface area contributed by atoms with Gasteiger partial charge in [-0.15, -0.1) is 10.2 Å². The van der Waals surface area contributed by atoms with Crippen LogP contribution in [0.4, 0.5) is 11.4 Å². The van der Waals surface area contributed by atoms with Crippen molar-refractivity contribution in [2.75, 3.05) is 22.5 Å². The van der Waals surface area contributed by atoms with E-state index in [4.69, 9.17) is 0 Å². The molecule has 2 aromatic heterocycles. The Kier molecular flexibility index (Phi) is 4.08. The smallest absolute Gasteiger partial charge is 0.256 e. The number of benzene rings is 1. The van der Waals surface area contributed by atoms with E-state index in [9.17, 15) is 9.59 Å². The van der Waals surface area contributed by atoms with E-state index in [2.05, 4.69) is 20.5 Å². The summed E-state index contributed by atoms with van der Waals surface area (Å²) in [5.41, 5.74) is 3.17. The summed E-state index contributed by atoms with van der Waals surface area (Å²) >= 11 is 1.28. The van der Waals surface area contributed by atoms with E-state index in [0.717, 1.165) is 11.4 Å². The zero-order valence-corrected chi connectivity index (χ0v) is 15.1. The quantitative estimate of drug-likeness (QED) is 0.709. The van der Waals surface area contributed by atoms with E-state index in [1.165, 1.54) is 16.7 Å². The molecule has 4 rings (SSSR count). The number of amides is 2. The summed E-state index contributed by atoms with van der Waals surface area (Å²) in [4.78, 5) is 30.4. The van der Waals surface area contributed by atoms with Crippen LogP contribution >= 0.6 is 11.8 Å². The molecule has 0 unspecified atom stereocenters. The number of para-hydroxylation sites is 2. The molecule has 1 aromatic carbocycles. The fourth-order valence-electron chi connectivity index (χ4n) is 2.95. The van der Waals surface area contributed by atoms with Gasteiger partial charge >= 0.3 is 0 Å². The highest BCUT2D eigenvalue weighted by atomic mass is 32.2. The first-order valence-electron chi connectivity index (χ1n) is 8.04. The number of hydrogen-bond acceptors (Lipinski definition) is 6. The standard InChI is InChI=1S/C17H16N6O2S/c1-10-7-11(2)23-16(18-10)20-21-17(23)26-9-15(25)22-8-14(24)19-12-5-3-4-6-13(12)22/h3-7H,8-9H2,1-2H3,(H,19,24). The van der Waals surface area contributed by atoms with Crippen molar-refractivity contribution >= 4 is 40.7 Å². The Bertz CT molecular complexity index is 1030. The van der Waals surface area contributed by atoms with Gasteiger partial charge in [0.2, 0.25) is 11.8 Å². The Morgan fingerprint density at radius 1 is 1.27 bits per heavy atom. The Balaban J connectivity index is 1.56. The van der Waals surface area contributed by atoms with E-state index in [1.807, 2.05) is 42.5 Å². The van der Waals surface area contributed by atoms with Gasteiger partial charge in [-0.05, 0) is 32.0 Å². The number of carbonyl (C=O) groups is 2. The summed E-state index contributed by atoms with van der Waals surface area (Å²) in [5, 5.41) is 11.6. The average molecular weight is 368 g/mol. The molecule has 0 saturated carbocycles. The maximum absolute atomic E-state index is 12.7. The predicted molar refractivity (Wildman–Crippen MR) is 98.4 cm³/mol. The maximum atomic E-state index is 12.7. The first-order valence-corrected chi connectivity index (χ1v) is 9.03. The number of thioether (sulfide) groups is 1. The first-order chi connectivity index (χ1) is 12.5. The summed E-state index contributed by atoms with van der Waals surface area (Å²) in [5.74, 6) is 0.299. The molecule has 26 heavy (non-hydrogen) atoms. The van der Waals surface area contributed by atoms with Crippen LogP contribution < -0.4 is 10.2 Å². The average Bonchev–Trinajstić information content (AvgIpc) is 3.02. The Morgan fingerprint density at radius 2 is 2.08 bits per heavy atom. The van der Waals surface area contributed by atoms with Gasteiger partial charge in [-0.3, -0.25) is 14.0 Å². The SMILES string of the molecule is Cc1cc(C)n2c(SCC(=O)N3CC(=O)Nc4ccccc43)nnc2n1. The Morgan fingerprint density at radius 3 is 2.92 bits per heavy atom. The van der Waals surface area contributed by atoms with Gasteiger partial charge in [0.1, 0.15) is 6.54 Å². The van der Waals surface area contributed by atoms with Crippen LogP contribution in [0.2, 0.25) is 0 Å². The van der Waals surface area contributed by atoms with Crippen molar-refractivity contribution < 1.29 is 9.59 Å². The van der Waals surface area contributed by atoms with E-state index >= 15 is 0 Å². The third-order valence-electron chi connectivity index (χ3n) is 4.06. The summed E-state index contributed by atoms with van der Waals surface area (Å²) < 4.78 is 1.82. The molecule has 0 spiro atoms. The van der Waals surface area contributed by atoms with Crippen LogP contribution in [0, 0.1) is 13.8 Å². The molecule has 0 aliphatic carbocycles. The highest BCUT2D eigenvalue weighted by Crippen LogP contribution is 2.30. The lowest BCUT2D eigenvalue weighted by molar-refractivity contribution is -0.120. The summed E-state index contributed by atoms with van der Waals surface area (Å²) in [6.07, 6.45) is 0. The molecule has 3 heterocycles. The Hall–Kier alpha value is -2.94. The van der Waals surface area contributed by atoms with Gasteiger partial charge in [0.25, 0.3) is 5.78 Å². The Labute approximate surface area is 153 Å². The number of rotatable bonds is 3. The second-order valence-corrected chi connectivity index (χ2v) is 6.93. The molecule has 0 saturated heterocycles. The molecule has 0 radical (unpaired) electrons. The molecule has 2 amide bonds. The van der Waals surface area contributed by atoms with Crippen LogP contribution in [0.1, 0.15) is 11.4 Å². The molecule has 1 aliphatic rings. The van der Waals surface area contributed by atoms with Crippen molar-refractivity contribution in [2.45, 2.75) is 19.0 Å². The zero-order valence-electron chi connectivity index (χ0n) is 14.3. The molecular weight excluding hydrogens is 352 g/mol. The van der Waals surface area contributed by atoms with Crippen LogP contribution in [-0.4, -0.2) is 43.7 Å². The highest BCUT2D eigenvalue weighted by molar-refractivity contribution is 7.99. The third kappa shape index (κ3) is 2.90. The largest absolute Gasteiger partial charge is 0.323 e. The molecule has 0 fully saturated rings. The highest BCUT2D eigenvalue weighted by Gasteiger charge is 2.26. The number of fused-ring (bicyclic) bond motifs is 2. The monoisotopic (exact) mass is 368 g/mol. The number of anilines is 2. The normalized spacial score (nSPS) is 13.6. The van der Waals surface area contributed by atoms with Gasteiger partial charge < -0.3 is 10.2 Å². The van der Waals surface area contributed by atoms with E-state index < -0.39 is 0 Å². The van der Waals surface area contributed by atoms with Gasteiger partial charge in [0, 0.05) is 11.4 Å². The van der Waals surface area contributed by atoms with Crippen LogP contribution in [0.15, 0.2) is 35.5 Å². The number of hydrogen-bond donors (Lipinski definition) is 1. The second kappa shape index (κ2) is 6.41. The minimum absolute atomic E-state index is 0.0107. The second-order valence-electron chi connectivity index (χ2n) is 5.99. The molecule has 1 N–H and O–H groups in total. The van der Waals surface area contributed by atoms with Crippen molar-refractivity contribution in [3.63, 3.8) is 0 Å². The minimum atomic E-state index is -0.203. The maximum Gasteiger partial charge on any atom is 0.256 e. The topological polar surface area (TPSA) is 92.5 Å². The van der Waals surface area contributed by atoms with Crippen LogP contribution in [0.3, 0.4) is 0 Å². The lowest BCUT2D eigenvalue weighted by Gasteiger charge is -2.28. The van der Waals surface area contributed by atoms with Crippen LogP contribution in [-0.2, 0) is 9.59 Å². The van der Waals surface area contributed by atoms with Crippen LogP contribution in [0.25, 0.3) is 5.78 Å². The summed E-state index contributed by atoms with van der Waals surface area (Å²) in [6, 6.07) is 9.20. The number of nitrogens with one attached hydrogen (secondary N) is 1. The van der Waals surface area contributed by atoms with Crippen molar-refractivity contribution in [1.82, 2.24) is 19.6 Å². The molecular formula is C17H16N6O2S. The molecule has 0 bridgehead atoms. The molecule has 9 heteroatoms. The minimum Gasteiger partial charge on any atom is -0.323 e.